The van der Waals surface area contributed by atoms with E-state index in [0.717, 1.165) is 11.3 Å². The number of carbonyl (C=O) groups excluding carboxylic acids is 1. The molecule has 2 aromatic carbocycles. The van der Waals surface area contributed by atoms with Crippen LogP contribution in [-0.4, -0.2) is 17.7 Å². The topological polar surface area (TPSA) is 50.7 Å². The standard InChI is InChI=1S/C16H13FN2O2/c17-12-6-8-13(9-7-12)18-16(20)15-10-14(19-21-15)11-4-2-1-3-5-11/h1-9,15H,10H2,(H,18,20). The fourth-order valence-corrected chi connectivity index (χ4v) is 2.08. The van der Waals surface area contributed by atoms with E-state index >= 15 is 0 Å². The summed E-state index contributed by atoms with van der Waals surface area (Å²) in [5.41, 5.74) is 2.21. The highest BCUT2D eigenvalue weighted by atomic mass is 19.1. The number of carbonyl (C=O) groups is 1. The number of hydrogen-bond acceptors (Lipinski definition) is 3. The van der Waals surface area contributed by atoms with E-state index in [9.17, 15) is 9.18 Å². The lowest BCUT2D eigenvalue weighted by molar-refractivity contribution is -0.125. The molecule has 1 aliphatic rings. The minimum atomic E-state index is -0.662. The quantitative estimate of drug-likeness (QED) is 0.942. The third kappa shape index (κ3) is 3.08. The van der Waals surface area contributed by atoms with Crippen molar-refractivity contribution in [1.29, 1.82) is 0 Å². The molecule has 0 spiro atoms. The number of halogens is 1. The smallest absolute Gasteiger partial charge is 0.268 e. The number of amides is 1. The van der Waals surface area contributed by atoms with Crippen molar-refractivity contribution >= 4 is 17.3 Å². The molecule has 4 nitrogen and oxygen atoms in total. The normalized spacial score (nSPS) is 17.0. The predicted octanol–water partition coefficient (Wildman–Crippen LogP) is 2.96. The lowest BCUT2D eigenvalue weighted by Crippen LogP contribution is -2.28. The van der Waals surface area contributed by atoms with E-state index in [2.05, 4.69) is 10.5 Å². The highest BCUT2D eigenvalue weighted by molar-refractivity contribution is 6.06. The van der Waals surface area contributed by atoms with Crippen molar-refractivity contribution in [3.8, 4) is 0 Å². The fourth-order valence-electron chi connectivity index (χ4n) is 2.08. The van der Waals surface area contributed by atoms with Crippen LogP contribution in [0.3, 0.4) is 0 Å². The monoisotopic (exact) mass is 284 g/mol. The van der Waals surface area contributed by atoms with E-state index in [1.165, 1.54) is 24.3 Å². The Kier molecular flexibility index (Phi) is 3.64. The second-order valence-corrected chi connectivity index (χ2v) is 4.70. The molecule has 1 amide bonds. The summed E-state index contributed by atoms with van der Waals surface area (Å²) in [5.74, 6) is -0.642. The van der Waals surface area contributed by atoms with Crippen molar-refractivity contribution in [3.05, 3.63) is 66.0 Å². The summed E-state index contributed by atoms with van der Waals surface area (Å²) < 4.78 is 12.8. The molecular formula is C16H13FN2O2. The van der Waals surface area contributed by atoms with Crippen molar-refractivity contribution < 1.29 is 14.0 Å². The summed E-state index contributed by atoms with van der Waals surface area (Å²) in [7, 11) is 0. The average Bonchev–Trinajstić information content (AvgIpc) is 3.00. The molecule has 21 heavy (non-hydrogen) atoms. The Labute approximate surface area is 121 Å². The maximum atomic E-state index is 12.8. The molecule has 0 saturated carbocycles. The molecule has 1 N–H and O–H groups in total. The second kappa shape index (κ2) is 5.75. The van der Waals surface area contributed by atoms with Crippen molar-refractivity contribution in [1.82, 2.24) is 0 Å². The Morgan fingerprint density at radius 2 is 1.86 bits per heavy atom. The zero-order chi connectivity index (χ0) is 14.7. The van der Waals surface area contributed by atoms with Crippen LogP contribution in [0.15, 0.2) is 59.8 Å². The first-order valence-corrected chi connectivity index (χ1v) is 6.57. The van der Waals surface area contributed by atoms with Crippen molar-refractivity contribution in [2.45, 2.75) is 12.5 Å². The van der Waals surface area contributed by atoms with Gasteiger partial charge in [0.2, 0.25) is 6.10 Å². The largest absolute Gasteiger partial charge is 0.382 e. The molecular weight excluding hydrogens is 271 g/mol. The molecule has 0 aliphatic carbocycles. The van der Waals surface area contributed by atoms with Crippen molar-refractivity contribution in [3.63, 3.8) is 0 Å². The molecule has 0 radical (unpaired) electrons. The molecule has 0 fully saturated rings. The van der Waals surface area contributed by atoms with Crippen LogP contribution in [0.2, 0.25) is 0 Å². The lowest BCUT2D eigenvalue weighted by atomic mass is 10.0. The number of rotatable bonds is 3. The Morgan fingerprint density at radius 3 is 2.57 bits per heavy atom. The Hall–Kier alpha value is -2.69. The van der Waals surface area contributed by atoms with Gasteiger partial charge in [-0.05, 0) is 29.8 Å². The number of nitrogens with one attached hydrogen (secondary N) is 1. The van der Waals surface area contributed by atoms with Gasteiger partial charge in [-0.1, -0.05) is 35.5 Å². The molecule has 106 valence electrons. The van der Waals surface area contributed by atoms with Gasteiger partial charge in [0.25, 0.3) is 5.91 Å². The third-order valence-corrected chi connectivity index (χ3v) is 3.18. The average molecular weight is 284 g/mol. The van der Waals surface area contributed by atoms with E-state index in [0.29, 0.717) is 12.1 Å². The van der Waals surface area contributed by atoms with E-state index < -0.39 is 6.10 Å². The maximum absolute atomic E-state index is 12.8. The Bertz CT molecular complexity index is 668. The minimum Gasteiger partial charge on any atom is -0.382 e. The van der Waals surface area contributed by atoms with Gasteiger partial charge in [-0.3, -0.25) is 4.79 Å². The zero-order valence-corrected chi connectivity index (χ0v) is 11.1. The summed E-state index contributed by atoms with van der Waals surface area (Å²) in [6.45, 7) is 0. The number of benzene rings is 2. The first-order valence-electron chi connectivity index (χ1n) is 6.57. The molecule has 1 atom stereocenters. The van der Waals surface area contributed by atoms with Gasteiger partial charge in [-0.2, -0.15) is 0 Å². The lowest BCUT2D eigenvalue weighted by Gasteiger charge is -2.09. The van der Waals surface area contributed by atoms with Gasteiger partial charge in [0.1, 0.15) is 5.82 Å². The molecule has 0 saturated heterocycles. The summed E-state index contributed by atoms with van der Waals surface area (Å²) in [6.07, 6.45) is -0.248. The van der Waals surface area contributed by atoms with Gasteiger partial charge in [0.15, 0.2) is 0 Å². The van der Waals surface area contributed by atoms with Crippen LogP contribution in [0.5, 0.6) is 0 Å². The summed E-state index contributed by atoms with van der Waals surface area (Å²) in [5, 5.41) is 6.64. The van der Waals surface area contributed by atoms with E-state index in [4.69, 9.17) is 4.84 Å². The fraction of sp³-hybridized carbons (Fsp3) is 0.125. The van der Waals surface area contributed by atoms with Crippen LogP contribution in [-0.2, 0) is 9.63 Å². The van der Waals surface area contributed by atoms with Gasteiger partial charge in [-0.25, -0.2) is 4.39 Å². The van der Waals surface area contributed by atoms with Crippen molar-refractivity contribution in [2.24, 2.45) is 5.16 Å². The van der Waals surface area contributed by atoms with E-state index in [1.54, 1.807) is 0 Å². The van der Waals surface area contributed by atoms with Crippen LogP contribution >= 0.6 is 0 Å². The second-order valence-electron chi connectivity index (χ2n) is 4.70. The minimum absolute atomic E-state index is 0.295. The highest BCUT2D eigenvalue weighted by Gasteiger charge is 2.28. The summed E-state index contributed by atoms with van der Waals surface area (Å²) in [4.78, 5) is 17.3. The number of oxime groups is 1. The first-order chi connectivity index (χ1) is 10.2. The molecule has 3 rings (SSSR count). The molecule has 0 bridgehead atoms. The summed E-state index contributed by atoms with van der Waals surface area (Å²) >= 11 is 0. The van der Waals surface area contributed by atoms with Crippen molar-refractivity contribution in [2.75, 3.05) is 5.32 Å². The Morgan fingerprint density at radius 1 is 1.14 bits per heavy atom. The van der Waals surface area contributed by atoms with Gasteiger partial charge < -0.3 is 10.2 Å². The third-order valence-electron chi connectivity index (χ3n) is 3.18. The maximum Gasteiger partial charge on any atom is 0.268 e. The van der Waals surface area contributed by atoms with E-state index in [1.807, 2.05) is 30.3 Å². The van der Waals surface area contributed by atoms with Crippen LogP contribution in [0, 0.1) is 5.82 Å². The Balaban J connectivity index is 1.62. The van der Waals surface area contributed by atoms with Gasteiger partial charge in [0.05, 0.1) is 5.71 Å². The van der Waals surface area contributed by atoms with Crippen LogP contribution < -0.4 is 5.32 Å². The molecule has 1 unspecified atom stereocenters. The molecule has 1 aliphatic heterocycles. The van der Waals surface area contributed by atoms with Gasteiger partial charge in [-0.15, -0.1) is 0 Å². The predicted molar refractivity (Wildman–Crippen MR) is 77.5 cm³/mol. The highest BCUT2D eigenvalue weighted by Crippen LogP contribution is 2.18. The number of hydrogen-bond donors (Lipinski definition) is 1. The zero-order valence-electron chi connectivity index (χ0n) is 11.1. The molecule has 2 aromatic rings. The summed E-state index contributed by atoms with van der Waals surface area (Å²) in [6, 6.07) is 15.1. The SMILES string of the molecule is O=C(Nc1ccc(F)cc1)C1CC(c2ccccc2)=NO1. The van der Waals surface area contributed by atoms with Crippen LogP contribution in [0.1, 0.15) is 12.0 Å². The molecule has 1 heterocycles. The first kappa shape index (κ1) is 13.3. The van der Waals surface area contributed by atoms with E-state index in [-0.39, 0.29) is 11.7 Å². The number of nitrogens with zero attached hydrogens (tertiary/aromatic N) is 1. The van der Waals surface area contributed by atoms with Gasteiger partial charge >= 0.3 is 0 Å². The van der Waals surface area contributed by atoms with Gasteiger partial charge in [0, 0.05) is 12.1 Å². The molecule has 0 aromatic heterocycles. The molecule has 5 heteroatoms. The van der Waals surface area contributed by atoms with Crippen LogP contribution in [0.25, 0.3) is 0 Å². The number of anilines is 1. The van der Waals surface area contributed by atoms with Crippen LogP contribution in [0.4, 0.5) is 10.1 Å².